The lowest BCUT2D eigenvalue weighted by atomic mass is 9.86. The molecule has 0 atom stereocenters. The first-order valence-electron chi connectivity index (χ1n) is 8.38. The summed E-state index contributed by atoms with van der Waals surface area (Å²) in [6.45, 7) is 1.14. The lowest BCUT2D eigenvalue weighted by Crippen LogP contribution is -2.23. The van der Waals surface area contributed by atoms with Gasteiger partial charge in [0.1, 0.15) is 19.0 Å². The zero-order chi connectivity index (χ0) is 16.5. The van der Waals surface area contributed by atoms with Crippen LogP contribution >= 0.6 is 0 Å². The number of rotatable bonds is 3. The van der Waals surface area contributed by atoms with E-state index in [1.165, 1.54) is 0 Å². The Bertz CT molecular complexity index is 747. The molecular weight excluding hydrogens is 308 g/mol. The number of fused-ring (bicyclic) bond motifs is 1. The van der Waals surface area contributed by atoms with Gasteiger partial charge in [0, 0.05) is 24.0 Å². The minimum atomic E-state index is -0.675. The maximum absolute atomic E-state index is 11.1. The predicted octanol–water partition coefficient (Wildman–Crippen LogP) is 3.14. The van der Waals surface area contributed by atoms with Crippen molar-refractivity contribution < 1.29 is 19.4 Å². The third-order valence-electron chi connectivity index (χ3n) is 4.91. The maximum atomic E-state index is 11.1. The summed E-state index contributed by atoms with van der Waals surface area (Å²) in [6.07, 6.45) is 6.96. The van der Waals surface area contributed by atoms with Gasteiger partial charge in [-0.25, -0.2) is 4.98 Å². The van der Waals surface area contributed by atoms with Gasteiger partial charge in [-0.05, 0) is 43.9 Å². The molecule has 0 radical (unpaired) electrons. The standard InChI is InChI=1S/C18H20N2O4/c21-18(22)12-1-4-14(5-2-12)20-8-7-19-17(20)13-3-6-15-16(11-13)24-10-9-23-15/h3,6-8,11-12,14H,1-2,4-5,9-10H2,(H,21,22). The number of hydrogen-bond donors (Lipinski definition) is 1. The van der Waals surface area contributed by atoms with Gasteiger partial charge in [0.2, 0.25) is 0 Å². The van der Waals surface area contributed by atoms with Gasteiger partial charge in [-0.3, -0.25) is 4.79 Å². The first-order chi connectivity index (χ1) is 11.7. The summed E-state index contributed by atoms with van der Waals surface area (Å²) in [5, 5.41) is 9.16. The van der Waals surface area contributed by atoms with Gasteiger partial charge in [-0.2, -0.15) is 0 Å². The SMILES string of the molecule is O=C(O)C1CCC(n2ccnc2-c2ccc3c(c2)OCCO3)CC1. The van der Waals surface area contributed by atoms with Gasteiger partial charge >= 0.3 is 5.97 Å². The van der Waals surface area contributed by atoms with Crippen molar-refractivity contribution in [1.29, 1.82) is 0 Å². The van der Waals surface area contributed by atoms with E-state index >= 15 is 0 Å². The molecule has 0 bridgehead atoms. The number of nitrogens with zero attached hydrogens (tertiary/aromatic N) is 2. The van der Waals surface area contributed by atoms with Crippen LogP contribution in [0.5, 0.6) is 11.5 Å². The number of imidazole rings is 1. The van der Waals surface area contributed by atoms with E-state index in [0.29, 0.717) is 19.3 Å². The molecule has 1 aromatic heterocycles. The van der Waals surface area contributed by atoms with E-state index in [9.17, 15) is 4.79 Å². The molecule has 2 heterocycles. The van der Waals surface area contributed by atoms with Gasteiger partial charge in [-0.15, -0.1) is 0 Å². The van der Waals surface area contributed by atoms with Crippen molar-refractivity contribution in [3.8, 4) is 22.9 Å². The summed E-state index contributed by atoms with van der Waals surface area (Å²) in [5.74, 6) is 1.53. The Kier molecular flexibility index (Phi) is 3.88. The Balaban J connectivity index is 1.58. The Hall–Kier alpha value is -2.50. The Morgan fingerprint density at radius 2 is 1.88 bits per heavy atom. The van der Waals surface area contributed by atoms with Crippen LogP contribution in [0.3, 0.4) is 0 Å². The first kappa shape index (κ1) is 15.1. The second-order valence-corrected chi connectivity index (χ2v) is 6.36. The largest absolute Gasteiger partial charge is 0.486 e. The molecule has 1 saturated carbocycles. The predicted molar refractivity (Wildman–Crippen MR) is 87.3 cm³/mol. The lowest BCUT2D eigenvalue weighted by molar-refractivity contribution is -0.143. The quantitative estimate of drug-likeness (QED) is 0.937. The molecule has 1 fully saturated rings. The number of aromatic nitrogens is 2. The summed E-state index contributed by atoms with van der Waals surface area (Å²) < 4.78 is 13.4. The van der Waals surface area contributed by atoms with Crippen LogP contribution in [0.15, 0.2) is 30.6 Å². The summed E-state index contributed by atoms with van der Waals surface area (Å²) in [4.78, 5) is 15.6. The molecule has 2 aliphatic rings. The minimum absolute atomic E-state index is 0.206. The monoisotopic (exact) mass is 328 g/mol. The van der Waals surface area contributed by atoms with Crippen LogP contribution in [0.1, 0.15) is 31.7 Å². The summed E-state index contributed by atoms with van der Waals surface area (Å²) in [6, 6.07) is 6.18. The summed E-state index contributed by atoms with van der Waals surface area (Å²) in [5.41, 5.74) is 0.990. The normalized spacial score (nSPS) is 23.0. The molecule has 24 heavy (non-hydrogen) atoms. The van der Waals surface area contributed by atoms with Gasteiger partial charge in [0.15, 0.2) is 11.5 Å². The highest BCUT2D eigenvalue weighted by Crippen LogP contribution is 2.37. The molecule has 6 nitrogen and oxygen atoms in total. The maximum Gasteiger partial charge on any atom is 0.306 e. The highest BCUT2D eigenvalue weighted by Gasteiger charge is 2.28. The van der Waals surface area contributed by atoms with E-state index in [4.69, 9.17) is 14.6 Å². The van der Waals surface area contributed by atoms with E-state index in [1.807, 2.05) is 24.4 Å². The number of ether oxygens (including phenoxy) is 2. The Morgan fingerprint density at radius 3 is 2.62 bits per heavy atom. The molecule has 1 aromatic carbocycles. The number of carbonyl (C=O) groups is 1. The van der Waals surface area contributed by atoms with Crippen LogP contribution in [0.4, 0.5) is 0 Å². The van der Waals surface area contributed by atoms with Gasteiger partial charge < -0.3 is 19.1 Å². The van der Waals surface area contributed by atoms with Gasteiger partial charge in [0.25, 0.3) is 0 Å². The summed E-state index contributed by atoms with van der Waals surface area (Å²) in [7, 11) is 0. The van der Waals surface area contributed by atoms with Crippen LogP contribution in [0.25, 0.3) is 11.4 Å². The van der Waals surface area contributed by atoms with E-state index < -0.39 is 5.97 Å². The molecule has 2 aromatic rings. The van der Waals surface area contributed by atoms with Crippen LogP contribution in [-0.2, 0) is 4.79 Å². The number of benzene rings is 1. The molecule has 0 amide bonds. The summed E-state index contributed by atoms with van der Waals surface area (Å²) >= 11 is 0. The molecule has 126 valence electrons. The van der Waals surface area contributed by atoms with E-state index in [1.54, 1.807) is 6.20 Å². The number of hydrogen-bond acceptors (Lipinski definition) is 4. The highest BCUT2D eigenvalue weighted by molar-refractivity contribution is 5.70. The lowest BCUT2D eigenvalue weighted by Gasteiger charge is -2.28. The van der Waals surface area contributed by atoms with Crippen molar-refractivity contribution >= 4 is 5.97 Å². The van der Waals surface area contributed by atoms with Crippen LogP contribution in [0, 0.1) is 5.92 Å². The van der Waals surface area contributed by atoms with Crippen molar-refractivity contribution in [2.24, 2.45) is 5.92 Å². The molecule has 4 rings (SSSR count). The average molecular weight is 328 g/mol. The van der Waals surface area contributed by atoms with Crippen molar-refractivity contribution in [2.45, 2.75) is 31.7 Å². The van der Waals surface area contributed by atoms with E-state index in [2.05, 4.69) is 9.55 Å². The van der Waals surface area contributed by atoms with E-state index in [-0.39, 0.29) is 5.92 Å². The highest BCUT2D eigenvalue weighted by atomic mass is 16.6. The molecule has 0 saturated heterocycles. The van der Waals surface area contributed by atoms with Gasteiger partial charge in [0.05, 0.1) is 5.92 Å². The van der Waals surface area contributed by atoms with Crippen LogP contribution < -0.4 is 9.47 Å². The Morgan fingerprint density at radius 1 is 1.12 bits per heavy atom. The fourth-order valence-corrected chi connectivity index (χ4v) is 3.61. The fourth-order valence-electron chi connectivity index (χ4n) is 3.61. The fraction of sp³-hybridized carbons (Fsp3) is 0.444. The van der Waals surface area contributed by atoms with E-state index in [0.717, 1.165) is 48.6 Å². The van der Waals surface area contributed by atoms with Crippen molar-refractivity contribution in [2.75, 3.05) is 13.2 Å². The molecule has 6 heteroatoms. The third-order valence-corrected chi connectivity index (χ3v) is 4.91. The molecular formula is C18H20N2O4. The number of carboxylic acids is 1. The van der Waals surface area contributed by atoms with Gasteiger partial charge in [-0.1, -0.05) is 0 Å². The number of carboxylic acid groups (broad SMARTS) is 1. The molecule has 1 aliphatic heterocycles. The molecule has 1 N–H and O–H groups in total. The van der Waals surface area contributed by atoms with Crippen molar-refractivity contribution in [3.63, 3.8) is 0 Å². The second kappa shape index (κ2) is 6.19. The van der Waals surface area contributed by atoms with Crippen LogP contribution in [0.2, 0.25) is 0 Å². The Labute approximate surface area is 140 Å². The smallest absolute Gasteiger partial charge is 0.306 e. The van der Waals surface area contributed by atoms with Crippen molar-refractivity contribution in [1.82, 2.24) is 9.55 Å². The third kappa shape index (κ3) is 2.72. The van der Waals surface area contributed by atoms with Crippen LogP contribution in [-0.4, -0.2) is 33.8 Å². The zero-order valence-electron chi connectivity index (χ0n) is 13.4. The molecule has 0 spiro atoms. The second-order valence-electron chi connectivity index (χ2n) is 6.36. The first-order valence-corrected chi connectivity index (χ1v) is 8.38. The van der Waals surface area contributed by atoms with Crippen molar-refractivity contribution in [3.05, 3.63) is 30.6 Å². The average Bonchev–Trinajstić information content (AvgIpc) is 3.11. The minimum Gasteiger partial charge on any atom is -0.486 e. The molecule has 0 unspecified atom stereocenters. The molecule has 1 aliphatic carbocycles. The number of aliphatic carboxylic acids is 1. The topological polar surface area (TPSA) is 73.6 Å². The zero-order valence-corrected chi connectivity index (χ0v) is 13.4.